The average molecular weight is 249 g/mol. The Balaban J connectivity index is 3.93. The predicted octanol–water partition coefficient (Wildman–Crippen LogP) is 1.14. The molecule has 0 aliphatic heterocycles. The molecule has 0 rings (SSSR count). The molecule has 0 aliphatic rings. The van der Waals surface area contributed by atoms with Crippen molar-refractivity contribution >= 4 is 15.6 Å². The lowest BCUT2D eigenvalue weighted by molar-refractivity contribution is -0.119. The first-order chi connectivity index (χ1) is 7.02. The van der Waals surface area contributed by atoms with Crippen molar-refractivity contribution in [2.24, 2.45) is 11.1 Å². The Labute approximate surface area is 98.5 Å². The highest BCUT2D eigenvalue weighted by Gasteiger charge is 2.22. The quantitative estimate of drug-likeness (QED) is 0.766. The summed E-state index contributed by atoms with van der Waals surface area (Å²) in [5.74, 6) is 0.120. The third-order valence-corrected chi connectivity index (χ3v) is 3.56. The van der Waals surface area contributed by atoms with Crippen LogP contribution in [0.1, 0.15) is 40.0 Å². The van der Waals surface area contributed by atoms with Crippen molar-refractivity contribution in [3.63, 3.8) is 0 Å². The summed E-state index contributed by atoms with van der Waals surface area (Å²) in [6.07, 6.45) is 2.21. The van der Waals surface area contributed by atoms with Crippen LogP contribution in [0, 0.1) is 5.41 Å². The third kappa shape index (κ3) is 7.82. The number of nitrogens with two attached hydrogens (primary N) is 1. The topological polar surface area (TPSA) is 77.2 Å². The van der Waals surface area contributed by atoms with Crippen LogP contribution in [0.5, 0.6) is 0 Å². The highest BCUT2D eigenvalue weighted by molar-refractivity contribution is 7.90. The summed E-state index contributed by atoms with van der Waals surface area (Å²) in [6.45, 7) is 5.96. The number of ketones is 1. The van der Waals surface area contributed by atoms with Gasteiger partial charge < -0.3 is 5.73 Å². The van der Waals surface area contributed by atoms with Crippen molar-refractivity contribution in [1.29, 1.82) is 0 Å². The minimum atomic E-state index is -2.96. The Morgan fingerprint density at radius 2 is 1.81 bits per heavy atom. The second-order valence-electron chi connectivity index (χ2n) is 5.45. The van der Waals surface area contributed by atoms with E-state index in [0.29, 0.717) is 19.3 Å². The van der Waals surface area contributed by atoms with Gasteiger partial charge in [-0.15, -0.1) is 0 Å². The fraction of sp³-hybridized carbons (Fsp3) is 0.909. The van der Waals surface area contributed by atoms with E-state index in [4.69, 9.17) is 5.73 Å². The van der Waals surface area contributed by atoms with Crippen LogP contribution in [0.15, 0.2) is 0 Å². The molecule has 5 heteroatoms. The molecule has 4 nitrogen and oxygen atoms in total. The second kappa shape index (κ2) is 5.77. The zero-order chi connectivity index (χ0) is 13.0. The van der Waals surface area contributed by atoms with Gasteiger partial charge in [0.05, 0.1) is 5.75 Å². The summed E-state index contributed by atoms with van der Waals surface area (Å²) in [5, 5.41) is 0. The van der Waals surface area contributed by atoms with Gasteiger partial charge in [0.15, 0.2) is 0 Å². The Morgan fingerprint density at radius 3 is 2.19 bits per heavy atom. The Hall–Kier alpha value is -0.420. The largest absolute Gasteiger partial charge is 0.327 e. The van der Waals surface area contributed by atoms with Crippen molar-refractivity contribution in [2.45, 2.75) is 46.1 Å². The number of hydrogen-bond acceptors (Lipinski definition) is 4. The number of carbonyl (C=O) groups excluding carboxylic acids is 1. The van der Waals surface area contributed by atoms with E-state index in [9.17, 15) is 13.2 Å². The highest BCUT2D eigenvalue weighted by atomic mass is 32.2. The maximum atomic E-state index is 11.5. The number of Topliss-reactive ketones (excluding diaryl/α,β-unsaturated/α-hetero) is 1. The van der Waals surface area contributed by atoms with Crippen molar-refractivity contribution in [3.8, 4) is 0 Å². The summed E-state index contributed by atoms with van der Waals surface area (Å²) in [4.78, 5) is 11.5. The van der Waals surface area contributed by atoms with Gasteiger partial charge in [-0.2, -0.15) is 0 Å². The summed E-state index contributed by atoms with van der Waals surface area (Å²) < 4.78 is 21.7. The van der Waals surface area contributed by atoms with Crippen LogP contribution in [-0.4, -0.2) is 32.3 Å². The lowest BCUT2D eigenvalue weighted by Crippen LogP contribution is -2.36. The number of hydrogen-bond donors (Lipinski definition) is 1. The van der Waals surface area contributed by atoms with Gasteiger partial charge in [-0.25, -0.2) is 8.42 Å². The molecular weight excluding hydrogens is 226 g/mol. The molecule has 0 bridgehead atoms. The minimum Gasteiger partial charge on any atom is -0.327 e. The zero-order valence-electron chi connectivity index (χ0n) is 10.6. The number of carbonyl (C=O) groups is 1. The predicted molar refractivity (Wildman–Crippen MR) is 66.0 cm³/mol. The van der Waals surface area contributed by atoms with Gasteiger partial charge in [0.25, 0.3) is 0 Å². The maximum absolute atomic E-state index is 11.5. The summed E-state index contributed by atoms with van der Waals surface area (Å²) in [7, 11) is -2.96. The molecule has 1 unspecified atom stereocenters. The van der Waals surface area contributed by atoms with Crippen LogP contribution >= 0.6 is 0 Å². The SMILES string of the molecule is CC(C)(C)C(N)CC(=O)CCCS(C)(=O)=O. The first-order valence-corrected chi connectivity index (χ1v) is 7.53. The first kappa shape index (κ1) is 15.6. The minimum absolute atomic E-state index is 0.0473. The normalized spacial score (nSPS) is 14.8. The number of rotatable bonds is 6. The molecule has 0 spiro atoms. The molecule has 0 saturated heterocycles. The van der Waals surface area contributed by atoms with Crippen LogP contribution in [0.2, 0.25) is 0 Å². The van der Waals surface area contributed by atoms with Gasteiger partial charge in [-0.05, 0) is 11.8 Å². The highest BCUT2D eigenvalue weighted by Crippen LogP contribution is 2.20. The molecule has 0 saturated carbocycles. The van der Waals surface area contributed by atoms with Gasteiger partial charge in [0.1, 0.15) is 15.6 Å². The van der Waals surface area contributed by atoms with Crippen LogP contribution in [-0.2, 0) is 14.6 Å². The summed E-state index contributed by atoms with van der Waals surface area (Å²) in [5.41, 5.74) is 5.78. The molecule has 0 radical (unpaired) electrons. The van der Waals surface area contributed by atoms with E-state index in [1.54, 1.807) is 0 Å². The van der Waals surface area contributed by atoms with Gasteiger partial charge in [-0.1, -0.05) is 20.8 Å². The molecule has 0 heterocycles. The van der Waals surface area contributed by atoms with Gasteiger partial charge in [-0.3, -0.25) is 4.79 Å². The first-order valence-electron chi connectivity index (χ1n) is 5.47. The van der Waals surface area contributed by atoms with E-state index in [-0.39, 0.29) is 23.0 Å². The van der Waals surface area contributed by atoms with Gasteiger partial charge >= 0.3 is 0 Å². The monoisotopic (exact) mass is 249 g/mol. The van der Waals surface area contributed by atoms with E-state index >= 15 is 0 Å². The Kier molecular flexibility index (Phi) is 5.62. The lowest BCUT2D eigenvalue weighted by Gasteiger charge is -2.26. The van der Waals surface area contributed by atoms with Crippen molar-refractivity contribution in [3.05, 3.63) is 0 Å². The molecule has 96 valence electrons. The van der Waals surface area contributed by atoms with Crippen LogP contribution in [0.4, 0.5) is 0 Å². The lowest BCUT2D eigenvalue weighted by atomic mass is 9.84. The van der Waals surface area contributed by atoms with Gasteiger partial charge in [0, 0.05) is 25.1 Å². The van der Waals surface area contributed by atoms with E-state index in [2.05, 4.69) is 0 Å². The van der Waals surface area contributed by atoms with E-state index in [0.717, 1.165) is 0 Å². The van der Waals surface area contributed by atoms with Crippen molar-refractivity contribution < 1.29 is 13.2 Å². The molecule has 0 aliphatic carbocycles. The third-order valence-electron chi connectivity index (χ3n) is 2.53. The molecule has 0 aromatic carbocycles. The second-order valence-corrected chi connectivity index (χ2v) is 7.71. The standard InChI is InChI=1S/C11H23NO3S/c1-11(2,3)10(12)8-9(13)6-5-7-16(4,14)15/h10H,5-8,12H2,1-4H3. The maximum Gasteiger partial charge on any atom is 0.147 e. The summed E-state index contributed by atoms with van der Waals surface area (Å²) in [6, 6.07) is -0.168. The fourth-order valence-electron chi connectivity index (χ4n) is 1.19. The molecule has 0 aromatic heterocycles. The molecular formula is C11H23NO3S. The zero-order valence-corrected chi connectivity index (χ0v) is 11.4. The molecule has 16 heavy (non-hydrogen) atoms. The average Bonchev–Trinajstić information content (AvgIpc) is 1.99. The van der Waals surface area contributed by atoms with Gasteiger partial charge in [0.2, 0.25) is 0 Å². The molecule has 0 amide bonds. The van der Waals surface area contributed by atoms with Crippen LogP contribution in [0.3, 0.4) is 0 Å². The van der Waals surface area contributed by atoms with Crippen molar-refractivity contribution in [1.82, 2.24) is 0 Å². The van der Waals surface area contributed by atoms with E-state index in [1.807, 2.05) is 20.8 Å². The Bertz CT molecular complexity index is 328. The van der Waals surface area contributed by atoms with Crippen LogP contribution < -0.4 is 5.73 Å². The smallest absolute Gasteiger partial charge is 0.147 e. The molecule has 0 fully saturated rings. The molecule has 2 N–H and O–H groups in total. The fourth-order valence-corrected chi connectivity index (χ4v) is 1.85. The number of sulfone groups is 1. The molecule has 1 atom stereocenters. The van der Waals surface area contributed by atoms with E-state index in [1.165, 1.54) is 6.26 Å². The van der Waals surface area contributed by atoms with E-state index < -0.39 is 9.84 Å². The van der Waals surface area contributed by atoms with Crippen molar-refractivity contribution in [2.75, 3.05) is 12.0 Å². The molecule has 0 aromatic rings. The Morgan fingerprint density at radius 1 is 1.31 bits per heavy atom. The summed E-state index contributed by atoms with van der Waals surface area (Å²) >= 11 is 0. The van der Waals surface area contributed by atoms with Crippen LogP contribution in [0.25, 0.3) is 0 Å².